The lowest BCUT2D eigenvalue weighted by molar-refractivity contribution is -0.967. The van der Waals surface area contributed by atoms with Crippen LogP contribution in [-0.4, -0.2) is 26.6 Å². The molecule has 0 fully saturated rings. The second-order valence-corrected chi connectivity index (χ2v) is 1.91. The first-order valence-corrected chi connectivity index (χ1v) is 2.79. The number of nitrogens with zero attached hydrogens (tertiary/aromatic N) is 4. The van der Waals surface area contributed by atoms with Gasteiger partial charge in [0.1, 0.15) is 0 Å². The van der Waals surface area contributed by atoms with Crippen molar-refractivity contribution in [3.05, 3.63) is 30.3 Å². The molecule has 0 aliphatic heterocycles. The number of hydrogen-bond acceptors (Lipinski definition) is 7. The van der Waals surface area contributed by atoms with Crippen molar-refractivity contribution in [3.63, 3.8) is 0 Å². The molecule has 0 radical (unpaired) electrons. The van der Waals surface area contributed by atoms with Gasteiger partial charge in [0.05, 0.1) is 0 Å². The summed E-state index contributed by atoms with van der Waals surface area (Å²) in [4.78, 5) is 27.4. The van der Waals surface area contributed by atoms with Crippen molar-refractivity contribution in [1.29, 1.82) is 0 Å². The number of hydrogen-bond donors (Lipinski definition) is 2. The van der Waals surface area contributed by atoms with Crippen LogP contribution in [0.2, 0.25) is 0 Å². The molecule has 12 nitrogen and oxygen atoms in total. The molecule has 0 bridgehead atoms. The molecule has 4 N–H and O–H groups in total. The van der Waals surface area contributed by atoms with Gasteiger partial charge in [0, 0.05) is 0 Å². The summed E-state index contributed by atoms with van der Waals surface area (Å²) in [6.45, 7) is 0. The molecular weight excluding hydrogens is 204 g/mol. The minimum Gasteiger partial charge on any atom is -0.369 e. The van der Waals surface area contributed by atoms with Crippen LogP contribution in [0.25, 0.3) is 0 Å². The molecule has 0 aromatic carbocycles. The second-order valence-electron chi connectivity index (χ2n) is 1.91. The molecule has 78 valence electrons. The highest BCUT2D eigenvalue weighted by molar-refractivity contribution is 5.75. The van der Waals surface area contributed by atoms with Crippen LogP contribution in [0.4, 0.5) is 0 Å². The monoisotopic (exact) mass is 208 g/mol. The maximum Gasteiger partial charge on any atom is 0.822 e. The SMILES string of the molecule is NC(N)=NC([N+](=O)[O-])([N+](=O)[O-])[N+](=O)[O-]. The van der Waals surface area contributed by atoms with E-state index in [4.69, 9.17) is 0 Å². The Kier molecular flexibility index (Phi) is 2.84. The molecule has 0 rings (SSSR count). The third-order valence-corrected chi connectivity index (χ3v) is 1.01. The van der Waals surface area contributed by atoms with Gasteiger partial charge in [-0.2, -0.15) is 0 Å². The predicted octanol–water partition coefficient (Wildman–Crippen LogP) is -2.30. The van der Waals surface area contributed by atoms with Gasteiger partial charge in [-0.15, -0.1) is 0 Å². The fourth-order valence-electron chi connectivity index (χ4n) is 0.496. The highest BCUT2D eigenvalue weighted by atomic mass is 16.7. The van der Waals surface area contributed by atoms with Crippen molar-refractivity contribution in [2.24, 2.45) is 16.5 Å². The van der Waals surface area contributed by atoms with Crippen LogP contribution >= 0.6 is 0 Å². The summed E-state index contributed by atoms with van der Waals surface area (Å²) in [5, 5.41) is 30.4. The molecule has 0 atom stereocenters. The summed E-state index contributed by atoms with van der Waals surface area (Å²) < 4.78 is 0. The molecule has 0 spiro atoms. The Morgan fingerprint density at radius 1 is 1.00 bits per heavy atom. The zero-order valence-corrected chi connectivity index (χ0v) is 6.39. The lowest BCUT2D eigenvalue weighted by atomic mass is 10.7. The third-order valence-electron chi connectivity index (χ3n) is 1.01. The summed E-state index contributed by atoms with van der Waals surface area (Å²) in [5.41, 5.74) is 9.21. The molecule has 14 heavy (non-hydrogen) atoms. The largest absolute Gasteiger partial charge is 0.822 e. The van der Waals surface area contributed by atoms with Gasteiger partial charge in [0.2, 0.25) is 20.7 Å². The number of nitro groups is 3. The van der Waals surface area contributed by atoms with Crippen molar-refractivity contribution >= 4 is 5.96 Å². The summed E-state index contributed by atoms with van der Waals surface area (Å²) in [7, 11) is 0. The summed E-state index contributed by atoms with van der Waals surface area (Å²) in [6.07, 6.45) is 0. The normalized spacial score (nSPS) is 10.3. The molecule has 0 heterocycles. The van der Waals surface area contributed by atoms with Gasteiger partial charge >= 0.3 is 5.91 Å². The van der Waals surface area contributed by atoms with Crippen molar-refractivity contribution in [2.75, 3.05) is 0 Å². The van der Waals surface area contributed by atoms with Crippen molar-refractivity contribution in [2.45, 2.75) is 5.91 Å². The van der Waals surface area contributed by atoms with Gasteiger partial charge in [-0.05, 0) is 4.99 Å². The van der Waals surface area contributed by atoms with E-state index in [-0.39, 0.29) is 0 Å². The predicted molar refractivity (Wildman–Crippen MR) is 39.5 cm³/mol. The standard InChI is InChI=1S/C2H4N6O6/c3-1(4)5-2(6(9)10,7(11)12)8(13)14/h(H4,3,4,5). The van der Waals surface area contributed by atoms with Gasteiger partial charge in [0.15, 0.2) is 0 Å². The van der Waals surface area contributed by atoms with Crippen LogP contribution in [-0.2, 0) is 0 Å². The molecule has 0 aliphatic rings. The fourth-order valence-corrected chi connectivity index (χ4v) is 0.496. The number of aliphatic imine (C=N–C) groups is 1. The molecule has 0 saturated heterocycles. The first-order valence-electron chi connectivity index (χ1n) is 2.79. The molecule has 0 amide bonds. The van der Waals surface area contributed by atoms with Crippen LogP contribution in [0.15, 0.2) is 4.99 Å². The van der Waals surface area contributed by atoms with E-state index in [0.717, 1.165) is 0 Å². The summed E-state index contributed by atoms with van der Waals surface area (Å²) in [6, 6.07) is 0. The van der Waals surface area contributed by atoms with Gasteiger partial charge in [0.25, 0.3) is 0 Å². The Balaban J connectivity index is 5.64. The van der Waals surface area contributed by atoms with E-state index in [1.54, 1.807) is 0 Å². The number of nitrogens with two attached hydrogens (primary N) is 2. The Bertz CT molecular complexity index is 280. The average molecular weight is 208 g/mol. The summed E-state index contributed by atoms with van der Waals surface area (Å²) >= 11 is 0. The molecule has 0 aromatic heterocycles. The first-order chi connectivity index (χ1) is 6.25. The van der Waals surface area contributed by atoms with Gasteiger partial charge < -0.3 is 11.5 Å². The van der Waals surface area contributed by atoms with Crippen LogP contribution in [0, 0.1) is 30.3 Å². The van der Waals surface area contributed by atoms with E-state index in [0.29, 0.717) is 0 Å². The minimum atomic E-state index is -3.97. The van der Waals surface area contributed by atoms with Crippen LogP contribution < -0.4 is 11.5 Å². The number of rotatable bonds is 4. The highest BCUT2D eigenvalue weighted by Crippen LogP contribution is 2.13. The molecule has 0 unspecified atom stereocenters. The van der Waals surface area contributed by atoms with Gasteiger partial charge in [-0.25, -0.2) is 0 Å². The Morgan fingerprint density at radius 3 is 1.36 bits per heavy atom. The van der Waals surface area contributed by atoms with Crippen LogP contribution in [0.3, 0.4) is 0 Å². The quantitative estimate of drug-likeness (QED) is 0.169. The lowest BCUT2D eigenvalue weighted by Gasteiger charge is -2.02. The van der Waals surface area contributed by atoms with E-state index < -0.39 is 26.6 Å². The third kappa shape index (κ3) is 1.62. The Morgan fingerprint density at radius 2 is 1.29 bits per heavy atom. The molecule has 0 aromatic rings. The Labute approximate surface area is 74.6 Å². The van der Waals surface area contributed by atoms with Crippen LogP contribution in [0.5, 0.6) is 0 Å². The van der Waals surface area contributed by atoms with Crippen molar-refractivity contribution in [1.82, 2.24) is 0 Å². The molecule has 0 aliphatic carbocycles. The Hall–Kier alpha value is -2.53. The lowest BCUT2D eigenvalue weighted by Crippen LogP contribution is -2.53. The highest BCUT2D eigenvalue weighted by Gasteiger charge is 2.72. The zero-order valence-electron chi connectivity index (χ0n) is 6.39. The van der Waals surface area contributed by atoms with E-state index in [1.807, 2.05) is 0 Å². The van der Waals surface area contributed by atoms with E-state index >= 15 is 0 Å². The topological polar surface area (TPSA) is 194 Å². The van der Waals surface area contributed by atoms with Crippen molar-refractivity contribution < 1.29 is 14.8 Å². The van der Waals surface area contributed by atoms with Crippen molar-refractivity contribution in [3.8, 4) is 0 Å². The van der Waals surface area contributed by atoms with Gasteiger partial charge in [-0.3, -0.25) is 30.3 Å². The summed E-state index contributed by atoms with van der Waals surface area (Å²) in [5.74, 6) is -5.10. The molecule has 0 saturated carbocycles. The van der Waals surface area contributed by atoms with E-state index in [1.165, 1.54) is 0 Å². The average Bonchev–Trinajstić information content (AvgIpc) is 1.97. The second kappa shape index (κ2) is 3.46. The fraction of sp³-hybridized carbons (Fsp3) is 0.500. The van der Waals surface area contributed by atoms with Crippen LogP contribution in [0.1, 0.15) is 0 Å². The number of guanidine groups is 1. The van der Waals surface area contributed by atoms with E-state index in [2.05, 4.69) is 16.5 Å². The molecular formula is C2H4N6O6. The maximum atomic E-state index is 10.1. The minimum absolute atomic E-state index is 1.13. The smallest absolute Gasteiger partial charge is 0.369 e. The zero-order chi connectivity index (χ0) is 11.5. The first kappa shape index (κ1) is 11.5. The van der Waals surface area contributed by atoms with E-state index in [9.17, 15) is 30.3 Å². The molecule has 12 heteroatoms. The maximum absolute atomic E-state index is 10.1. The van der Waals surface area contributed by atoms with Gasteiger partial charge in [-0.1, -0.05) is 0 Å².